The zero-order valence-electron chi connectivity index (χ0n) is 12.6. The van der Waals surface area contributed by atoms with E-state index in [4.69, 9.17) is 4.74 Å². The molecular weight excluding hydrogens is 308 g/mol. The van der Waals surface area contributed by atoms with Gasteiger partial charge < -0.3 is 15.2 Å². The molecular formula is C16H21F2NO2S. The predicted octanol–water partition coefficient (Wildman–Crippen LogP) is 3.29. The fourth-order valence-electron chi connectivity index (χ4n) is 4.01. The molecule has 2 N–H and O–H groups in total. The fraction of sp³-hybridized carbons (Fsp3) is 0.750. The molecule has 2 aliphatic heterocycles. The monoisotopic (exact) mass is 329 g/mol. The predicted molar refractivity (Wildman–Crippen MR) is 80.5 cm³/mol. The Morgan fingerprint density at radius 3 is 2.82 bits per heavy atom. The van der Waals surface area contributed by atoms with Gasteiger partial charge in [0.15, 0.2) is 0 Å². The molecule has 1 aromatic heterocycles. The second kappa shape index (κ2) is 4.97. The summed E-state index contributed by atoms with van der Waals surface area (Å²) in [6.07, 6.45) is 0.991. The first-order chi connectivity index (χ1) is 10.4. The summed E-state index contributed by atoms with van der Waals surface area (Å²) in [7, 11) is 0. The number of piperidine rings is 1. The van der Waals surface area contributed by atoms with Crippen molar-refractivity contribution in [1.29, 1.82) is 0 Å². The van der Waals surface area contributed by atoms with Crippen LogP contribution in [-0.2, 0) is 10.3 Å². The first-order valence-electron chi connectivity index (χ1n) is 7.96. The standard InChI is InChI=1S/C16H21F2NO2S/c1-9-5-15(2-3-19-9)14-11(12(20)8-21-15)4-13(22-14)10-6-16(17,18)7-10/h4,9-10,12,19-20H,2-3,5-8H2,1H3. The summed E-state index contributed by atoms with van der Waals surface area (Å²) >= 11 is 1.59. The Morgan fingerprint density at radius 1 is 1.36 bits per heavy atom. The molecule has 3 unspecified atom stereocenters. The van der Waals surface area contributed by atoms with Crippen LogP contribution in [0.2, 0.25) is 0 Å². The van der Waals surface area contributed by atoms with Gasteiger partial charge in [-0.15, -0.1) is 11.3 Å². The molecule has 1 spiro atoms. The number of ether oxygens (including phenoxy) is 1. The van der Waals surface area contributed by atoms with E-state index in [1.54, 1.807) is 11.3 Å². The zero-order valence-corrected chi connectivity index (χ0v) is 13.4. The Hall–Kier alpha value is -0.560. The Balaban J connectivity index is 1.68. The van der Waals surface area contributed by atoms with Crippen molar-refractivity contribution in [3.05, 3.63) is 21.4 Å². The summed E-state index contributed by atoms with van der Waals surface area (Å²) in [5.41, 5.74) is 0.574. The summed E-state index contributed by atoms with van der Waals surface area (Å²) in [5, 5.41) is 13.7. The third-order valence-electron chi connectivity index (χ3n) is 5.22. The molecule has 0 aromatic carbocycles. The first kappa shape index (κ1) is 15.0. The summed E-state index contributed by atoms with van der Waals surface area (Å²) in [4.78, 5) is 2.07. The smallest absolute Gasteiger partial charge is 0.249 e. The van der Waals surface area contributed by atoms with Gasteiger partial charge in [0.05, 0.1) is 6.61 Å². The molecule has 3 nitrogen and oxygen atoms in total. The Labute approximate surface area is 132 Å². The Kier molecular flexibility index (Phi) is 3.39. The van der Waals surface area contributed by atoms with Gasteiger partial charge in [0.1, 0.15) is 11.7 Å². The third kappa shape index (κ3) is 2.31. The van der Waals surface area contributed by atoms with E-state index in [1.165, 1.54) is 0 Å². The molecule has 1 aliphatic carbocycles. The van der Waals surface area contributed by atoms with Crippen LogP contribution in [0.1, 0.15) is 59.9 Å². The molecule has 0 radical (unpaired) electrons. The number of hydrogen-bond acceptors (Lipinski definition) is 4. The molecule has 1 saturated heterocycles. The highest BCUT2D eigenvalue weighted by atomic mass is 32.1. The van der Waals surface area contributed by atoms with Gasteiger partial charge in [0, 0.05) is 34.6 Å². The first-order valence-corrected chi connectivity index (χ1v) is 8.78. The number of hydrogen-bond donors (Lipinski definition) is 2. The van der Waals surface area contributed by atoms with Crippen molar-refractivity contribution in [3.8, 4) is 0 Å². The van der Waals surface area contributed by atoms with Crippen LogP contribution in [-0.4, -0.2) is 30.2 Å². The van der Waals surface area contributed by atoms with Crippen LogP contribution in [0, 0.1) is 0 Å². The summed E-state index contributed by atoms with van der Waals surface area (Å²) in [5.74, 6) is -2.57. The molecule has 2 fully saturated rings. The number of aliphatic hydroxyl groups excluding tert-OH is 1. The van der Waals surface area contributed by atoms with Gasteiger partial charge in [-0.3, -0.25) is 0 Å². The quantitative estimate of drug-likeness (QED) is 0.831. The maximum Gasteiger partial charge on any atom is 0.249 e. The van der Waals surface area contributed by atoms with Crippen LogP contribution in [0.5, 0.6) is 0 Å². The number of aliphatic hydroxyl groups is 1. The van der Waals surface area contributed by atoms with Gasteiger partial charge in [-0.25, -0.2) is 8.78 Å². The average Bonchev–Trinajstić information content (AvgIpc) is 2.87. The molecule has 4 rings (SSSR count). The highest BCUT2D eigenvalue weighted by Gasteiger charge is 2.49. The third-order valence-corrected chi connectivity index (χ3v) is 6.72. The summed E-state index contributed by atoms with van der Waals surface area (Å²) in [6.45, 7) is 3.32. The maximum absolute atomic E-state index is 13.2. The largest absolute Gasteiger partial charge is 0.386 e. The van der Waals surface area contributed by atoms with E-state index < -0.39 is 12.0 Å². The molecule has 3 atom stereocenters. The van der Waals surface area contributed by atoms with E-state index in [0.717, 1.165) is 34.7 Å². The van der Waals surface area contributed by atoms with Gasteiger partial charge in [-0.1, -0.05) is 0 Å². The summed E-state index contributed by atoms with van der Waals surface area (Å²) < 4.78 is 32.4. The van der Waals surface area contributed by atoms with Crippen molar-refractivity contribution in [3.63, 3.8) is 0 Å². The van der Waals surface area contributed by atoms with Crippen molar-refractivity contribution in [1.82, 2.24) is 5.32 Å². The van der Waals surface area contributed by atoms with Crippen molar-refractivity contribution in [2.45, 2.75) is 62.2 Å². The van der Waals surface area contributed by atoms with Crippen LogP contribution in [0.3, 0.4) is 0 Å². The maximum atomic E-state index is 13.2. The van der Waals surface area contributed by atoms with Crippen LogP contribution in [0.15, 0.2) is 6.07 Å². The van der Waals surface area contributed by atoms with Crippen molar-refractivity contribution < 1.29 is 18.6 Å². The second-order valence-corrected chi connectivity index (χ2v) is 8.11. The number of nitrogens with one attached hydrogen (secondary N) is 1. The summed E-state index contributed by atoms with van der Waals surface area (Å²) in [6, 6.07) is 2.32. The lowest BCUT2D eigenvalue weighted by atomic mass is 9.79. The normalized spacial score (nSPS) is 37.8. The fourth-order valence-corrected chi connectivity index (χ4v) is 5.51. The van der Waals surface area contributed by atoms with E-state index in [0.29, 0.717) is 12.6 Å². The highest BCUT2D eigenvalue weighted by molar-refractivity contribution is 7.12. The van der Waals surface area contributed by atoms with Crippen LogP contribution < -0.4 is 5.32 Å². The molecule has 1 aromatic rings. The van der Waals surface area contributed by atoms with Crippen molar-refractivity contribution >= 4 is 11.3 Å². The minimum absolute atomic E-state index is 0.0611. The van der Waals surface area contributed by atoms with Gasteiger partial charge >= 0.3 is 0 Å². The Bertz CT molecular complexity index is 583. The topological polar surface area (TPSA) is 41.5 Å². The number of rotatable bonds is 1. The molecule has 3 aliphatic rings. The molecule has 22 heavy (non-hydrogen) atoms. The van der Waals surface area contributed by atoms with Crippen molar-refractivity contribution in [2.75, 3.05) is 13.2 Å². The van der Waals surface area contributed by atoms with E-state index in [1.807, 2.05) is 6.07 Å². The molecule has 122 valence electrons. The van der Waals surface area contributed by atoms with E-state index in [9.17, 15) is 13.9 Å². The lowest BCUT2D eigenvalue weighted by Gasteiger charge is -2.44. The minimum Gasteiger partial charge on any atom is -0.386 e. The van der Waals surface area contributed by atoms with Gasteiger partial charge in [0.25, 0.3) is 0 Å². The van der Waals surface area contributed by atoms with Crippen molar-refractivity contribution in [2.24, 2.45) is 0 Å². The highest BCUT2D eigenvalue weighted by Crippen LogP contribution is 2.54. The van der Waals surface area contributed by atoms with Gasteiger partial charge in [-0.05, 0) is 37.9 Å². The molecule has 1 saturated carbocycles. The van der Waals surface area contributed by atoms with E-state index in [2.05, 4.69) is 12.2 Å². The average molecular weight is 329 g/mol. The van der Waals surface area contributed by atoms with Gasteiger partial charge in [0.2, 0.25) is 5.92 Å². The van der Waals surface area contributed by atoms with Gasteiger partial charge in [-0.2, -0.15) is 0 Å². The minimum atomic E-state index is -2.51. The van der Waals surface area contributed by atoms with E-state index >= 15 is 0 Å². The lowest BCUT2D eigenvalue weighted by Crippen LogP contribution is -2.48. The van der Waals surface area contributed by atoms with Crippen LogP contribution in [0.4, 0.5) is 8.78 Å². The van der Waals surface area contributed by atoms with E-state index in [-0.39, 0.29) is 24.4 Å². The SMILES string of the molecule is CC1CC2(CCN1)OCC(O)c1cc(C3CC(F)(F)C3)sc12. The molecule has 0 amide bonds. The molecule has 0 bridgehead atoms. The van der Waals surface area contributed by atoms with Crippen LogP contribution in [0.25, 0.3) is 0 Å². The number of thiophene rings is 1. The Morgan fingerprint density at radius 2 is 2.14 bits per heavy atom. The zero-order chi connectivity index (χ0) is 15.5. The molecule has 6 heteroatoms. The lowest BCUT2D eigenvalue weighted by molar-refractivity contribution is -0.121. The number of halogens is 2. The second-order valence-electron chi connectivity index (χ2n) is 7.02. The molecule has 3 heterocycles. The number of fused-ring (bicyclic) bond motifs is 2. The number of alkyl halides is 2. The van der Waals surface area contributed by atoms with Crippen LogP contribution >= 0.6 is 11.3 Å².